The molecule has 0 aliphatic carbocycles. The molecule has 0 aliphatic rings. The number of hydrogen-bond donors (Lipinski definition) is 4. The van der Waals surface area contributed by atoms with Gasteiger partial charge in [0.2, 0.25) is 5.91 Å². The Morgan fingerprint density at radius 2 is 1.89 bits per heavy atom. The third-order valence-electron chi connectivity index (χ3n) is 2.74. The first-order valence-corrected chi connectivity index (χ1v) is 6.10. The average molecular weight is 265 g/mol. The van der Waals surface area contributed by atoms with Crippen LogP contribution in [-0.2, 0) is 4.79 Å². The Bertz CT molecular complexity index is 418. The minimum atomic E-state index is -0.862. The zero-order chi connectivity index (χ0) is 14.3. The fourth-order valence-corrected chi connectivity index (χ4v) is 1.65. The summed E-state index contributed by atoms with van der Waals surface area (Å²) in [7, 11) is 0. The van der Waals surface area contributed by atoms with Crippen LogP contribution in [0.4, 0.5) is 4.79 Å². The van der Waals surface area contributed by atoms with E-state index < -0.39 is 18.0 Å². The predicted octanol–water partition coefficient (Wildman–Crippen LogP) is 0.283. The van der Waals surface area contributed by atoms with E-state index in [9.17, 15) is 9.59 Å². The van der Waals surface area contributed by atoms with Gasteiger partial charge in [0.25, 0.3) is 0 Å². The summed E-state index contributed by atoms with van der Waals surface area (Å²) < 4.78 is 0. The maximum atomic E-state index is 12.1. The third-order valence-corrected chi connectivity index (χ3v) is 2.74. The molecule has 0 radical (unpaired) electrons. The Hall–Kier alpha value is -2.08. The molecule has 0 fully saturated rings. The number of aliphatic hydroxyl groups is 1. The topological polar surface area (TPSA) is 104 Å². The molecule has 0 saturated carbocycles. The number of nitrogens with one attached hydrogen (secondary N) is 2. The van der Waals surface area contributed by atoms with Crippen LogP contribution in [0.2, 0.25) is 0 Å². The van der Waals surface area contributed by atoms with Crippen molar-refractivity contribution in [3.05, 3.63) is 35.9 Å². The molecular formula is C13H19N3O3. The molecule has 1 aromatic carbocycles. The van der Waals surface area contributed by atoms with Gasteiger partial charge in [0, 0.05) is 0 Å². The number of benzene rings is 1. The molecule has 0 heterocycles. The number of primary amides is 1. The summed E-state index contributed by atoms with van der Waals surface area (Å²) in [5, 5.41) is 14.1. The largest absolute Gasteiger partial charge is 0.394 e. The smallest absolute Gasteiger partial charge is 0.313 e. The molecule has 104 valence electrons. The molecule has 0 aliphatic heterocycles. The number of rotatable bonds is 6. The van der Waals surface area contributed by atoms with E-state index in [1.54, 1.807) is 24.3 Å². The summed E-state index contributed by atoms with van der Waals surface area (Å²) in [4.78, 5) is 23.1. The molecule has 0 saturated heterocycles. The first kappa shape index (κ1) is 15.0. The van der Waals surface area contributed by atoms with Crippen molar-refractivity contribution in [3.63, 3.8) is 0 Å². The number of aliphatic hydroxyl groups excluding tert-OH is 1. The van der Waals surface area contributed by atoms with Gasteiger partial charge in [0.15, 0.2) is 0 Å². The zero-order valence-corrected chi connectivity index (χ0v) is 10.8. The van der Waals surface area contributed by atoms with Gasteiger partial charge in [0.1, 0.15) is 6.04 Å². The van der Waals surface area contributed by atoms with Gasteiger partial charge in [-0.05, 0) is 12.0 Å². The number of carbonyl (C=O) groups excluding carboxylic acids is 2. The summed E-state index contributed by atoms with van der Waals surface area (Å²) in [6.45, 7) is 1.69. The van der Waals surface area contributed by atoms with Gasteiger partial charge in [-0.3, -0.25) is 4.79 Å². The number of urea groups is 1. The van der Waals surface area contributed by atoms with Gasteiger partial charge in [-0.2, -0.15) is 0 Å². The highest BCUT2D eigenvalue weighted by atomic mass is 16.3. The summed E-state index contributed by atoms with van der Waals surface area (Å²) in [5.41, 5.74) is 5.72. The number of nitrogens with two attached hydrogens (primary N) is 1. The van der Waals surface area contributed by atoms with E-state index in [4.69, 9.17) is 10.8 Å². The van der Waals surface area contributed by atoms with E-state index in [1.807, 2.05) is 13.0 Å². The normalized spacial score (nSPS) is 13.4. The van der Waals surface area contributed by atoms with Crippen molar-refractivity contribution >= 4 is 11.9 Å². The molecule has 2 atom stereocenters. The summed E-state index contributed by atoms with van der Waals surface area (Å²) in [5.74, 6) is -0.397. The molecule has 5 N–H and O–H groups in total. The molecule has 3 amide bonds. The quantitative estimate of drug-likeness (QED) is 0.594. The molecule has 0 bridgehead atoms. The van der Waals surface area contributed by atoms with Crippen LogP contribution < -0.4 is 16.4 Å². The van der Waals surface area contributed by atoms with Crippen molar-refractivity contribution in [1.29, 1.82) is 0 Å². The van der Waals surface area contributed by atoms with Crippen molar-refractivity contribution in [2.75, 3.05) is 6.61 Å². The summed E-state index contributed by atoms with van der Waals surface area (Å²) >= 11 is 0. The predicted molar refractivity (Wildman–Crippen MR) is 71.2 cm³/mol. The number of carbonyl (C=O) groups is 2. The zero-order valence-electron chi connectivity index (χ0n) is 10.8. The lowest BCUT2D eigenvalue weighted by Crippen LogP contribution is -2.46. The molecule has 1 unspecified atom stereocenters. The van der Waals surface area contributed by atoms with E-state index >= 15 is 0 Å². The van der Waals surface area contributed by atoms with Gasteiger partial charge < -0.3 is 21.5 Å². The second-order valence-corrected chi connectivity index (χ2v) is 4.15. The van der Waals surface area contributed by atoms with Crippen molar-refractivity contribution in [2.45, 2.75) is 25.4 Å². The van der Waals surface area contributed by atoms with E-state index in [-0.39, 0.29) is 12.6 Å². The summed E-state index contributed by atoms with van der Waals surface area (Å²) in [6, 6.07) is 6.81. The van der Waals surface area contributed by atoms with Crippen molar-refractivity contribution < 1.29 is 14.7 Å². The van der Waals surface area contributed by atoms with Crippen LogP contribution in [0.5, 0.6) is 0 Å². The molecule has 6 heteroatoms. The van der Waals surface area contributed by atoms with Gasteiger partial charge in [-0.15, -0.1) is 0 Å². The average Bonchev–Trinajstić information content (AvgIpc) is 2.42. The maximum absolute atomic E-state index is 12.1. The standard InChI is InChI=1S/C13H19N3O3/c1-2-10(8-17)15-12(18)11(16-13(14)19)9-6-4-3-5-7-9/h3-7,10-11,17H,2,8H2,1H3,(H,15,18)(H3,14,16,19)/t10-,11?/m1/s1. The second kappa shape index (κ2) is 7.38. The Morgan fingerprint density at radius 3 is 2.37 bits per heavy atom. The second-order valence-electron chi connectivity index (χ2n) is 4.15. The molecule has 1 rings (SSSR count). The van der Waals surface area contributed by atoms with Crippen LogP contribution in [0, 0.1) is 0 Å². The van der Waals surface area contributed by atoms with Crippen LogP contribution >= 0.6 is 0 Å². The highest BCUT2D eigenvalue weighted by Gasteiger charge is 2.23. The SMILES string of the molecule is CC[C@H](CO)NC(=O)C(NC(N)=O)c1ccccc1. The van der Waals surface area contributed by atoms with Crippen molar-refractivity contribution in [3.8, 4) is 0 Å². The lowest BCUT2D eigenvalue weighted by molar-refractivity contribution is -0.124. The molecule has 0 spiro atoms. The molecular weight excluding hydrogens is 246 g/mol. The molecule has 19 heavy (non-hydrogen) atoms. The Labute approximate surface area is 112 Å². The van der Waals surface area contributed by atoms with Crippen LogP contribution in [0.1, 0.15) is 24.9 Å². The lowest BCUT2D eigenvalue weighted by Gasteiger charge is -2.21. The Morgan fingerprint density at radius 1 is 1.26 bits per heavy atom. The Kier molecular flexibility index (Phi) is 5.81. The van der Waals surface area contributed by atoms with Crippen LogP contribution in [-0.4, -0.2) is 29.7 Å². The van der Waals surface area contributed by atoms with Crippen molar-refractivity contribution in [1.82, 2.24) is 10.6 Å². The van der Waals surface area contributed by atoms with E-state index in [0.717, 1.165) is 0 Å². The van der Waals surface area contributed by atoms with Gasteiger partial charge in [-0.25, -0.2) is 4.79 Å². The number of hydrogen-bond acceptors (Lipinski definition) is 3. The lowest BCUT2D eigenvalue weighted by atomic mass is 10.1. The fourth-order valence-electron chi connectivity index (χ4n) is 1.65. The van der Waals surface area contributed by atoms with Crippen LogP contribution in [0.25, 0.3) is 0 Å². The molecule has 6 nitrogen and oxygen atoms in total. The van der Waals surface area contributed by atoms with E-state index in [2.05, 4.69) is 10.6 Å². The number of amides is 3. The van der Waals surface area contributed by atoms with Gasteiger partial charge in [-0.1, -0.05) is 37.3 Å². The van der Waals surface area contributed by atoms with Crippen molar-refractivity contribution in [2.24, 2.45) is 5.73 Å². The van der Waals surface area contributed by atoms with E-state index in [0.29, 0.717) is 12.0 Å². The minimum Gasteiger partial charge on any atom is -0.394 e. The minimum absolute atomic E-state index is 0.152. The van der Waals surface area contributed by atoms with Gasteiger partial charge >= 0.3 is 6.03 Å². The van der Waals surface area contributed by atoms with Crippen LogP contribution in [0.3, 0.4) is 0 Å². The maximum Gasteiger partial charge on any atom is 0.313 e. The highest BCUT2D eigenvalue weighted by Crippen LogP contribution is 2.13. The summed E-state index contributed by atoms with van der Waals surface area (Å²) in [6.07, 6.45) is 0.598. The Balaban J connectivity index is 2.85. The third kappa shape index (κ3) is 4.59. The first-order chi connectivity index (χ1) is 9.08. The highest BCUT2D eigenvalue weighted by molar-refractivity contribution is 5.87. The first-order valence-electron chi connectivity index (χ1n) is 6.10. The van der Waals surface area contributed by atoms with Gasteiger partial charge in [0.05, 0.1) is 12.6 Å². The molecule has 0 aromatic heterocycles. The van der Waals surface area contributed by atoms with E-state index in [1.165, 1.54) is 0 Å². The monoisotopic (exact) mass is 265 g/mol. The van der Waals surface area contributed by atoms with Crippen LogP contribution in [0.15, 0.2) is 30.3 Å². The molecule has 1 aromatic rings. The fraction of sp³-hybridized carbons (Fsp3) is 0.385.